The number of allylic oxidation sites excluding steroid dienone is 5. The van der Waals surface area contributed by atoms with Gasteiger partial charge in [0, 0.05) is 0 Å². The van der Waals surface area contributed by atoms with Crippen LogP contribution in [0.3, 0.4) is 0 Å². The van der Waals surface area contributed by atoms with E-state index in [1.807, 2.05) is 0 Å². The van der Waals surface area contributed by atoms with Crippen LogP contribution >= 0.6 is 0 Å². The Morgan fingerprint density at radius 2 is 2.30 bits per heavy atom. The largest absolute Gasteiger partial charge is 0.0952 e. The molecule has 0 fully saturated rings. The van der Waals surface area contributed by atoms with Gasteiger partial charge in [0.15, 0.2) is 0 Å². The lowest BCUT2D eigenvalue weighted by molar-refractivity contribution is 1.12. The van der Waals surface area contributed by atoms with Crippen LogP contribution in [0.5, 0.6) is 0 Å². The van der Waals surface area contributed by atoms with E-state index >= 15 is 0 Å². The lowest BCUT2D eigenvalue weighted by Gasteiger charge is -2.03. The second-order valence-electron chi connectivity index (χ2n) is 2.70. The van der Waals surface area contributed by atoms with Gasteiger partial charge in [-0.1, -0.05) is 25.7 Å². The zero-order valence-electron chi connectivity index (χ0n) is 6.78. The van der Waals surface area contributed by atoms with Gasteiger partial charge < -0.3 is 0 Å². The van der Waals surface area contributed by atoms with Gasteiger partial charge in [0.05, 0.1) is 0 Å². The molecule has 0 aromatic rings. The van der Waals surface area contributed by atoms with Crippen molar-refractivity contribution in [2.75, 3.05) is 0 Å². The Hall–Kier alpha value is -0.780. The molecule has 1 aliphatic carbocycles. The molecular formula is C10H14. The second kappa shape index (κ2) is 2.87. The van der Waals surface area contributed by atoms with E-state index in [1.54, 1.807) is 0 Å². The van der Waals surface area contributed by atoms with Crippen LogP contribution in [0.25, 0.3) is 0 Å². The molecule has 0 aromatic carbocycles. The molecule has 0 saturated heterocycles. The summed E-state index contributed by atoms with van der Waals surface area (Å²) in [5.41, 5.74) is 4.04. The summed E-state index contributed by atoms with van der Waals surface area (Å²) in [6, 6.07) is 0. The molecule has 1 rings (SSSR count). The average molecular weight is 134 g/mol. The lowest BCUT2D eigenvalue weighted by atomic mass is 10.0. The number of hydrogen-bond acceptors (Lipinski definition) is 0. The first-order valence-corrected chi connectivity index (χ1v) is 3.81. The molecule has 0 heteroatoms. The van der Waals surface area contributed by atoms with Crippen molar-refractivity contribution >= 4 is 0 Å². The summed E-state index contributed by atoms with van der Waals surface area (Å²) in [5, 5.41) is 0. The Morgan fingerprint density at radius 1 is 1.60 bits per heavy atom. The SMILES string of the molecule is C=C(CC)C1=CCC=C1C. The van der Waals surface area contributed by atoms with Gasteiger partial charge >= 0.3 is 0 Å². The highest BCUT2D eigenvalue weighted by atomic mass is 14.1. The number of hydrogen-bond donors (Lipinski definition) is 0. The highest BCUT2D eigenvalue weighted by molar-refractivity contribution is 5.47. The van der Waals surface area contributed by atoms with Crippen LogP contribution in [-0.4, -0.2) is 0 Å². The Bertz CT molecular complexity index is 204. The van der Waals surface area contributed by atoms with E-state index < -0.39 is 0 Å². The normalized spacial score (nSPS) is 16.6. The highest BCUT2D eigenvalue weighted by Gasteiger charge is 2.06. The molecule has 0 bridgehead atoms. The van der Waals surface area contributed by atoms with E-state index in [-0.39, 0.29) is 0 Å². The van der Waals surface area contributed by atoms with E-state index in [9.17, 15) is 0 Å². The van der Waals surface area contributed by atoms with Crippen molar-refractivity contribution < 1.29 is 0 Å². The predicted molar refractivity (Wildman–Crippen MR) is 45.9 cm³/mol. The molecule has 0 saturated carbocycles. The molecular weight excluding hydrogens is 120 g/mol. The van der Waals surface area contributed by atoms with Crippen molar-refractivity contribution in [3.8, 4) is 0 Å². The Labute approximate surface area is 62.9 Å². The minimum absolute atomic E-state index is 1.07. The first kappa shape index (κ1) is 7.33. The smallest absolute Gasteiger partial charge is 0.0154 e. The Kier molecular flexibility index (Phi) is 2.10. The van der Waals surface area contributed by atoms with Gasteiger partial charge in [0.1, 0.15) is 0 Å². The van der Waals surface area contributed by atoms with Crippen molar-refractivity contribution in [3.05, 3.63) is 35.5 Å². The van der Waals surface area contributed by atoms with Crippen LogP contribution in [-0.2, 0) is 0 Å². The van der Waals surface area contributed by atoms with Gasteiger partial charge in [-0.05, 0) is 36.5 Å². The third-order valence-electron chi connectivity index (χ3n) is 1.98. The highest BCUT2D eigenvalue weighted by Crippen LogP contribution is 2.25. The van der Waals surface area contributed by atoms with Crippen LogP contribution in [0.15, 0.2) is 35.5 Å². The van der Waals surface area contributed by atoms with Gasteiger partial charge in [-0.25, -0.2) is 0 Å². The Morgan fingerprint density at radius 3 is 2.70 bits per heavy atom. The van der Waals surface area contributed by atoms with Crippen molar-refractivity contribution in [1.29, 1.82) is 0 Å². The minimum atomic E-state index is 1.07. The monoisotopic (exact) mass is 134 g/mol. The summed E-state index contributed by atoms with van der Waals surface area (Å²) >= 11 is 0. The maximum atomic E-state index is 4.00. The second-order valence-corrected chi connectivity index (χ2v) is 2.70. The van der Waals surface area contributed by atoms with E-state index in [0.29, 0.717) is 0 Å². The zero-order valence-corrected chi connectivity index (χ0v) is 6.78. The first-order valence-electron chi connectivity index (χ1n) is 3.81. The maximum Gasteiger partial charge on any atom is -0.0154 e. The van der Waals surface area contributed by atoms with Crippen LogP contribution in [0.1, 0.15) is 26.7 Å². The van der Waals surface area contributed by atoms with E-state index in [0.717, 1.165) is 12.8 Å². The topological polar surface area (TPSA) is 0 Å². The summed E-state index contributed by atoms with van der Waals surface area (Å²) < 4.78 is 0. The minimum Gasteiger partial charge on any atom is -0.0952 e. The molecule has 0 aromatic heterocycles. The summed E-state index contributed by atoms with van der Waals surface area (Å²) in [6.07, 6.45) is 6.66. The van der Waals surface area contributed by atoms with E-state index in [2.05, 4.69) is 32.6 Å². The standard InChI is InChI=1S/C10H14/c1-4-8(2)10-7-5-6-9(10)3/h6-7H,2,4-5H2,1,3H3. The maximum absolute atomic E-state index is 4.00. The van der Waals surface area contributed by atoms with Gasteiger partial charge in [-0.2, -0.15) is 0 Å². The lowest BCUT2D eigenvalue weighted by Crippen LogP contribution is -1.84. The quantitative estimate of drug-likeness (QED) is 0.544. The van der Waals surface area contributed by atoms with Crippen molar-refractivity contribution in [2.45, 2.75) is 26.7 Å². The average Bonchev–Trinajstić information content (AvgIpc) is 2.34. The fourth-order valence-corrected chi connectivity index (χ4v) is 1.24. The van der Waals surface area contributed by atoms with Gasteiger partial charge in [-0.3, -0.25) is 0 Å². The third-order valence-corrected chi connectivity index (χ3v) is 1.98. The Balaban J connectivity index is 2.75. The molecule has 0 amide bonds. The van der Waals surface area contributed by atoms with Crippen molar-refractivity contribution in [1.82, 2.24) is 0 Å². The third kappa shape index (κ3) is 1.21. The summed E-state index contributed by atoms with van der Waals surface area (Å²) in [4.78, 5) is 0. The molecule has 0 nitrogen and oxygen atoms in total. The van der Waals surface area contributed by atoms with Gasteiger partial charge in [0.25, 0.3) is 0 Å². The molecule has 0 aliphatic heterocycles. The molecule has 0 atom stereocenters. The van der Waals surface area contributed by atoms with Gasteiger partial charge in [0.2, 0.25) is 0 Å². The summed E-state index contributed by atoms with van der Waals surface area (Å²) in [7, 11) is 0. The predicted octanol–water partition coefficient (Wildman–Crippen LogP) is 3.23. The number of rotatable bonds is 2. The molecule has 0 spiro atoms. The van der Waals surface area contributed by atoms with Crippen molar-refractivity contribution in [2.24, 2.45) is 0 Å². The molecule has 1 aliphatic rings. The molecule has 0 heterocycles. The van der Waals surface area contributed by atoms with Crippen LogP contribution in [0.2, 0.25) is 0 Å². The summed E-state index contributed by atoms with van der Waals surface area (Å²) in [5.74, 6) is 0. The van der Waals surface area contributed by atoms with Crippen LogP contribution in [0.4, 0.5) is 0 Å². The molecule has 0 N–H and O–H groups in total. The van der Waals surface area contributed by atoms with Crippen LogP contribution < -0.4 is 0 Å². The first-order chi connectivity index (χ1) is 4.75. The van der Waals surface area contributed by atoms with Crippen LogP contribution in [0, 0.1) is 0 Å². The fraction of sp³-hybridized carbons (Fsp3) is 0.400. The van der Waals surface area contributed by atoms with E-state index in [4.69, 9.17) is 0 Å². The van der Waals surface area contributed by atoms with Gasteiger partial charge in [-0.15, -0.1) is 0 Å². The molecule has 0 unspecified atom stereocenters. The fourth-order valence-electron chi connectivity index (χ4n) is 1.24. The molecule has 54 valence electrons. The van der Waals surface area contributed by atoms with Crippen molar-refractivity contribution in [3.63, 3.8) is 0 Å². The zero-order chi connectivity index (χ0) is 7.56. The van der Waals surface area contributed by atoms with E-state index in [1.165, 1.54) is 16.7 Å². The molecule has 0 radical (unpaired) electrons. The molecule has 10 heavy (non-hydrogen) atoms. The summed E-state index contributed by atoms with van der Waals surface area (Å²) in [6.45, 7) is 8.30.